The van der Waals surface area contributed by atoms with E-state index >= 15 is 0 Å². The fourth-order valence-electron chi connectivity index (χ4n) is 2.10. The average molecular weight is 296 g/mol. The minimum absolute atomic E-state index is 0.289. The number of hydrogen-bond donors (Lipinski definition) is 1. The molecule has 0 amide bonds. The van der Waals surface area contributed by atoms with Crippen molar-refractivity contribution in [2.75, 3.05) is 6.54 Å². The van der Waals surface area contributed by atoms with Gasteiger partial charge in [0.1, 0.15) is 11.5 Å². The summed E-state index contributed by atoms with van der Waals surface area (Å²) < 4.78 is 15.8. The van der Waals surface area contributed by atoms with Crippen molar-refractivity contribution >= 4 is 11.6 Å². The normalized spacial score (nSPS) is 11.1. The smallest absolute Gasteiger partial charge is 0.149 e. The molecule has 5 heteroatoms. The third-order valence-corrected chi connectivity index (χ3v) is 3.75. The third-order valence-electron chi connectivity index (χ3n) is 3.20. The van der Waals surface area contributed by atoms with Gasteiger partial charge in [-0.15, -0.1) is 0 Å². The summed E-state index contributed by atoms with van der Waals surface area (Å²) in [5.74, 6) is -0.289. The molecule has 1 aromatic heterocycles. The number of nitrogens with one attached hydrogen (secondary N) is 1. The summed E-state index contributed by atoms with van der Waals surface area (Å²) in [6, 6.07) is 5.20. The maximum atomic E-state index is 14.2. The van der Waals surface area contributed by atoms with E-state index in [4.69, 9.17) is 11.6 Å². The Kier molecular flexibility index (Phi) is 4.78. The molecule has 0 bridgehead atoms. The molecular weight excluding hydrogens is 277 g/mol. The van der Waals surface area contributed by atoms with Crippen LogP contribution >= 0.6 is 11.6 Å². The molecule has 3 nitrogen and oxygen atoms in total. The van der Waals surface area contributed by atoms with Crippen LogP contribution in [0.5, 0.6) is 0 Å². The van der Waals surface area contributed by atoms with Crippen LogP contribution < -0.4 is 5.32 Å². The zero-order chi connectivity index (χ0) is 14.7. The summed E-state index contributed by atoms with van der Waals surface area (Å²) in [6.45, 7) is 7.34. The van der Waals surface area contributed by atoms with E-state index in [0.29, 0.717) is 22.9 Å². The van der Waals surface area contributed by atoms with Crippen LogP contribution in [0.15, 0.2) is 18.2 Å². The number of aromatic nitrogens is 2. The lowest BCUT2D eigenvalue weighted by atomic mass is 10.2. The van der Waals surface area contributed by atoms with Gasteiger partial charge in [-0.2, -0.15) is 5.10 Å². The van der Waals surface area contributed by atoms with E-state index in [9.17, 15) is 4.39 Å². The van der Waals surface area contributed by atoms with Crippen LogP contribution in [0.25, 0.3) is 5.69 Å². The van der Waals surface area contributed by atoms with Gasteiger partial charge in [-0.3, -0.25) is 0 Å². The van der Waals surface area contributed by atoms with E-state index in [-0.39, 0.29) is 5.82 Å². The molecule has 0 aliphatic heterocycles. The molecule has 0 fully saturated rings. The molecular formula is C15H19ClFN3. The number of aryl methyl sites for hydroxylation is 1. The highest BCUT2D eigenvalue weighted by Crippen LogP contribution is 2.24. The summed E-state index contributed by atoms with van der Waals surface area (Å²) in [4.78, 5) is 0. The van der Waals surface area contributed by atoms with Crippen molar-refractivity contribution in [1.82, 2.24) is 15.1 Å². The second-order valence-electron chi connectivity index (χ2n) is 4.86. The Bertz CT molecular complexity index is 607. The Hall–Kier alpha value is -1.39. The summed E-state index contributed by atoms with van der Waals surface area (Å²) in [5, 5.41) is 8.11. The van der Waals surface area contributed by atoms with Gasteiger partial charge in [0.05, 0.1) is 16.4 Å². The molecule has 1 heterocycles. The van der Waals surface area contributed by atoms with Crippen LogP contribution in [-0.2, 0) is 6.54 Å². The highest BCUT2D eigenvalue weighted by atomic mass is 35.5. The molecule has 0 saturated heterocycles. The van der Waals surface area contributed by atoms with Crippen molar-refractivity contribution in [2.45, 2.75) is 33.7 Å². The zero-order valence-electron chi connectivity index (χ0n) is 12.0. The Labute approximate surface area is 123 Å². The Morgan fingerprint density at radius 3 is 2.65 bits per heavy atom. The quantitative estimate of drug-likeness (QED) is 0.851. The van der Waals surface area contributed by atoms with Gasteiger partial charge in [-0.05, 0) is 44.5 Å². The second-order valence-corrected chi connectivity index (χ2v) is 5.24. The van der Waals surface area contributed by atoms with Gasteiger partial charge in [0.25, 0.3) is 0 Å². The molecule has 0 aliphatic rings. The molecule has 0 radical (unpaired) electrons. The van der Waals surface area contributed by atoms with E-state index in [0.717, 1.165) is 24.2 Å². The molecule has 0 atom stereocenters. The van der Waals surface area contributed by atoms with Crippen LogP contribution in [0.2, 0.25) is 5.02 Å². The first-order valence-electron chi connectivity index (χ1n) is 6.75. The van der Waals surface area contributed by atoms with Crippen molar-refractivity contribution in [3.8, 4) is 5.69 Å². The number of nitrogens with zero attached hydrogens (tertiary/aromatic N) is 2. The molecule has 108 valence electrons. The monoisotopic (exact) mass is 295 g/mol. The van der Waals surface area contributed by atoms with Crippen molar-refractivity contribution in [3.63, 3.8) is 0 Å². The van der Waals surface area contributed by atoms with Gasteiger partial charge in [0.2, 0.25) is 0 Å². The van der Waals surface area contributed by atoms with Gasteiger partial charge < -0.3 is 5.32 Å². The molecule has 0 unspecified atom stereocenters. The van der Waals surface area contributed by atoms with E-state index in [1.807, 2.05) is 19.9 Å². The molecule has 0 aliphatic carbocycles. The van der Waals surface area contributed by atoms with Gasteiger partial charge in [0, 0.05) is 6.54 Å². The molecule has 1 aromatic carbocycles. The van der Waals surface area contributed by atoms with Crippen LogP contribution in [0.3, 0.4) is 0 Å². The van der Waals surface area contributed by atoms with Crippen molar-refractivity contribution < 1.29 is 4.39 Å². The van der Waals surface area contributed by atoms with E-state index in [1.54, 1.807) is 16.8 Å². The fourth-order valence-corrected chi connectivity index (χ4v) is 2.22. The van der Waals surface area contributed by atoms with Crippen LogP contribution in [-0.4, -0.2) is 16.3 Å². The van der Waals surface area contributed by atoms with Gasteiger partial charge in [-0.25, -0.2) is 9.07 Å². The van der Waals surface area contributed by atoms with Crippen molar-refractivity contribution in [3.05, 3.63) is 46.0 Å². The van der Waals surface area contributed by atoms with Crippen molar-refractivity contribution in [1.29, 1.82) is 0 Å². The molecule has 20 heavy (non-hydrogen) atoms. The van der Waals surface area contributed by atoms with Crippen molar-refractivity contribution in [2.24, 2.45) is 0 Å². The summed E-state index contributed by atoms with van der Waals surface area (Å²) in [5.41, 5.74) is 2.81. The molecule has 0 spiro atoms. The van der Waals surface area contributed by atoms with Gasteiger partial charge in [0.15, 0.2) is 0 Å². The predicted molar refractivity (Wildman–Crippen MR) is 80.0 cm³/mol. The van der Waals surface area contributed by atoms with Crippen LogP contribution in [0.4, 0.5) is 4.39 Å². The van der Waals surface area contributed by atoms with Crippen LogP contribution in [0, 0.1) is 19.7 Å². The second kappa shape index (κ2) is 6.37. The molecule has 2 rings (SSSR count). The SMILES string of the molecule is CCCNCc1ccc(-n2nc(C)c(Cl)c2C)c(F)c1. The average Bonchev–Trinajstić information content (AvgIpc) is 2.67. The maximum absolute atomic E-state index is 14.2. The summed E-state index contributed by atoms with van der Waals surface area (Å²) in [6.07, 6.45) is 1.06. The van der Waals surface area contributed by atoms with Crippen LogP contribution in [0.1, 0.15) is 30.3 Å². The predicted octanol–water partition coefficient (Wildman–Crippen LogP) is 3.78. The van der Waals surface area contributed by atoms with Gasteiger partial charge in [-0.1, -0.05) is 24.6 Å². The minimum atomic E-state index is -0.289. The third kappa shape index (κ3) is 3.02. The Morgan fingerprint density at radius 1 is 1.35 bits per heavy atom. The number of benzene rings is 1. The van der Waals surface area contributed by atoms with Gasteiger partial charge >= 0.3 is 0 Å². The highest BCUT2D eigenvalue weighted by Gasteiger charge is 2.14. The summed E-state index contributed by atoms with van der Waals surface area (Å²) in [7, 11) is 0. The number of halogens is 2. The molecule has 2 aromatic rings. The highest BCUT2D eigenvalue weighted by molar-refractivity contribution is 6.31. The lowest BCUT2D eigenvalue weighted by molar-refractivity contribution is 0.601. The summed E-state index contributed by atoms with van der Waals surface area (Å²) >= 11 is 6.10. The first-order chi connectivity index (χ1) is 9.54. The maximum Gasteiger partial charge on any atom is 0.149 e. The first kappa shape index (κ1) is 15.0. The fraction of sp³-hybridized carbons (Fsp3) is 0.400. The van der Waals surface area contributed by atoms with E-state index in [2.05, 4.69) is 17.3 Å². The topological polar surface area (TPSA) is 29.9 Å². The molecule has 1 N–H and O–H groups in total. The lowest BCUT2D eigenvalue weighted by Crippen LogP contribution is -2.14. The molecule has 0 saturated carbocycles. The largest absolute Gasteiger partial charge is 0.313 e. The number of rotatable bonds is 5. The van der Waals surface area contributed by atoms with E-state index in [1.165, 1.54) is 0 Å². The van der Waals surface area contributed by atoms with E-state index < -0.39 is 0 Å². The first-order valence-corrected chi connectivity index (χ1v) is 7.13. The number of hydrogen-bond acceptors (Lipinski definition) is 2. The Balaban J connectivity index is 2.27. The standard InChI is InChI=1S/C15H19ClFN3/c1-4-7-18-9-12-5-6-14(13(17)8-12)20-11(3)15(16)10(2)19-20/h5-6,8,18H,4,7,9H2,1-3H3. The minimum Gasteiger partial charge on any atom is -0.313 e. The lowest BCUT2D eigenvalue weighted by Gasteiger charge is -2.09. The Morgan fingerprint density at radius 2 is 2.10 bits per heavy atom. The zero-order valence-corrected chi connectivity index (χ0v) is 12.8.